The highest BCUT2D eigenvalue weighted by Gasteiger charge is 2.34. The molecular weight excluding hydrogens is 705 g/mol. The fourth-order valence-corrected chi connectivity index (χ4v) is 7.24. The van der Waals surface area contributed by atoms with Crippen LogP contribution in [0.25, 0.3) is 0 Å². The van der Waals surface area contributed by atoms with E-state index in [1.807, 2.05) is 79.9 Å². The van der Waals surface area contributed by atoms with Crippen molar-refractivity contribution in [2.45, 2.75) is 70.6 Å². The average Bonchev–Trinajstić information content (AvgIpc) is 3.86. The zero-order chi connectivity index (χ0) is 36.9. The molecular formula is C37H46N6O7S2. The van der Waals surface area contributed by atoms with Crippen LogP contribution < -0.4 is 20.9 Å². The highest BCUT2D eigenvalue weighted by atomic mass is 32.1. The van der Waals surface area contributed by atoms with Crippen LogP contribution in [0.3, 0.4) is 0 Å². The predicted molar refractivity (Wildman–Crippen MR) is 199 cm³/mol. The van der Waals surface area contributed by atoms with Crippen molar-refractivity contribution in [2.24, 2.45) is 5.92 Å². The van der Waals surface area contributed by atoms with E-state index in [-0.39, 0.29) is 31.5 Å². The van der Waals surface area contributed by atoms with Crippen LogP contribution in [0.15, 0.2) is 77.8 Å². The maximum absolute atomic E-state index is 14.1. The molecule has 13 nitrogen and oxygen atoms in total. The van der Waals surface area contributed by atoms with E-state index in [4.69, 9.17) is 14.2 Å². The van der Waals surface area contributed by atoms with Crippen LogP contribution in [0.2, 0.25) is 0 Å². The van der Waals surface area contributed by atoms with Crippen LogP contribution in [0.4, 0.5) is 14.7 Å². The van der Waals surface area contributed by atoms with E-state index in [9.17, 15) is 19.5 Å². The third-order valence-corrected chi connectivity index (χ3v) is 10.4. The number of hydrogen-bond donors (Lipinski definition) is 4. The van der Waals surface area contributed by atoms with Crippen LogP contribution >= 0.6 is 22.7 Å². The summed E-state index contributed by atoms with van der Waals surface area (Å²) in [5.41, 5.74) is 4.11. The molecule has 52 heavy (non-hydrogen) atoms. The Labute approximate surface area is 311 Å². The molecule has 15 heteroatoms. The molecule has 4 aromatic rings. The van der Waals surface area contributed by atoms with E-state index in [1.165, 1.54) is 22.7 Å². The summed E-state index contributed by atoms with van der Waals surface area (Å²) in [4.78, 5) is 51.2. The van der Waals surface area contributed by atoms with E-state index in [0.717, 1.165) is 34.2 Å². The molecule has 4 atom stereocenters. The Morgan fingerprint density at radius 2 is 1.52 bits per heavy atom. The molecule has 0 aliphatic carbocycles. The molecule has 278 valence electrons. The predicted octanol–water partition coefficient (Wildman–Crippen LogP) is 5.07. The molecule has 0 bridgehead atoms. The summed E-state index contributed by atoms with van der Waals surface area (Å²) < 4.78 is 16.2. The second-order valence-electron chi connectivity index (χ2n) is 12.9. The van der Waals surface area contributed by atoms with Gasteiger partial charge in [0.15, 0.2) is 5.13 Å². The van der Waals surface area contributed by atoms with Crippen molar-refractivity contribution in [3.63, 3.8) is 0 Å². The molecule has 3 amide bonds. The van der Waals surface area contributed by atoms with Gasteiger partial charge in [-0.25, -0.2) is 14.6 Å². The van der Waals surface area contributed by atoms with E-state index in [1.54, 1.807) is 18.6 Å². The molecule has 1 fully saturated rings. The summed E-state index contributed by atoms with van der Waals surface area (Å²) in [5.74, 6) is -1.11. The van der Waals surface area contributed by atoms with Gasteiger partial charge in [-0.2, -0.15) is 0 Å². The lowest BCUT2D eigenvalue weighted by Gasteiger charge is -2.34. The summed E-state index contributed by atoms with van der Waals surface area (Å²) in [6.45, 7) is 8.15. The fraction of sp³-hybridized carbons (Fsp3) is 0.432. The number of aromatic nitrogens is 2. The molecule has 0 unspecified atom stereocenters. The Bertz CT molecular complexity index is 1650. The lowest BCUT2D eigenvalue weighted by atomic mass is 9.81. The number of rotatable bonds is 16. The van der Waals surface area contributed by atoms with Crippen LogP contribution in [0.1, 0.15) is 54.8 Å². The van der Waals surface area contributed by atoms with Gasteiger partial charge < -0.3 is 40.2 Å². The molecule has 1 saturated heterocycles. The normalized spacial score (nSPS) is 15.4. The summed E-state index contributed by atoms with van der Waals surface area (Å²) in [7, 11) is 0. The van der Waals surface area contributed by atoms with Crippen molar-refractivity contribution in [1.82, 2.24) is 25.9 Å². The third kappa shape index (κ3) is 11.2. The van der Waals surface area contributed by atoms with Gasteiger partial charge in [-0.15, -0.1) is 22.7 Å². The minimum Gasteiger partial charge on any atom is -0.444 e. The highest BCUT2D eigenvalue weighted by molar-refractivity contribution is 7.13. The largest absolute Gasteiger partial charge is 0.444 e. The van der Waals surface area contributed by atoms with Crippen LogP contribution in [0, 0.1) is 5.92 Å². The Kier molecular flexibility index (Phi) is 14.4. The molecule has 1 aliphatic heterocycles. The summed E-state index contributed by atoms with van der Waals surface area (Å²) >= 11 is 2.85. The first-order valence-corrected chi connectivity index (χ1v) is 19.0. The lowest BCUT2D eigenvalue weighted by Crippen LogP contribution is -2.54. The number of morpholine rings is 1. The van der Waals surface area contributed by atoms with Crippen LogP contribution in [-0.4, -0.2) is 83.7 Å². The van der Waals surface area contributed by atoms with Crippen molar-refractivity contribution in [3.05, 3.63) is 99.4 Å². The number of hydrogen-bond acceptors (Lipinski definition) is 12. The number of aliphatic hydroxyl groups is 1. The van der Waals surface area contributed by atoms with Gasteiger partial charge in [-0.3, -0.25) is 9.78 Å². The number of carbonyl (C=O) groups excluding carboxylic acids is 3. The van der Waals surface area contributed by atoms with E-state index < -0.39 is 42.3 Å². The topological polar surface area (TPSA) is 164 Å². The van der Waals surface area contributed by atoms with Crippen LogP contribution in [-0.2, 0) is 32.2 Å². The monoisotopic (exact) mass is 750 g/mol. The molecule has 3 heterocycles. The number of anilines is 1. The average molecular weight is 751 g/mol. The smallest absolute Gasteiger partial charge is 0.408 e. The first-order chi connectivity index (χ1) is 25.2. The van der Waals surface area contributed by atoms with Crippen molar-refractivity contribution in [3.8, 4) is 0 Å². The molecule has 1 aliphatic rings. The molecule has 2 aromatic carbocycles. The SMILES string of the molecule is CC(C)[C@H](NC(=O)OCc1csc(N2CCOCC2)n1)C(=O)N[C@@H](C[C@H](O)[C@H](C)NC(=O)OCc1cncs1)C(c1ccccc1)c1ccccc1. The van der Waals surface area contributed by atoms with Gasteiger partial charge in [0.05, 0.1) is 41.4 Å². The first kappa shape index (κ1) is 38.7. The third-order valence-electron chi connectivity index (χ3n) is 8.69. The number of nitrogens with one attached hydrogen (secondary N) is 3. The minimum absolute atomic E-state index is 0.0461. The Balaban J connectivity index is 1.28. The standard InChI is InChI=1S/C37H46N6O7S2/c1-24(2)33(42-37(47)49-20-28-22-51-35(40-28)43-14-16-48-17-15-43)34(45)41-30(32(26-10-6-4-7-11-26)27-12-8-5-9-13-27)18-31(44)25(3)39-36(46)50-21-29-19-38-23-52-29/h4-13,19,22-25,30-33,44H,14-18,20-21H2,1-3H3,(H,39,46)(H,41,45)(H,42,47)/t25-,30-,31-,33-/m0/s1. The van der Waals surface area contributed by atoms with E-state index in [0.29, 0.717) is 18.9 Å². The molecule has 0 radical (unpaired) electrons. The quantitative estimate of drug-likeness (QED) is 0.122. The number of amides is 3. The number of ether oxygens (including phenoxy) is 3. The van der Waals surface area contributed by atoms with Gasteiger partial charge in [0, 0.05) is 36.6 Å². The number of nitrogens with zero attached hydrogens (tertiary/aromatic N) is 3. The molecule has 5 rings (SSSR count). The Morgan fingerprint density at radius 3 is 2.13 bits per heavy atom. The molecule has 0 saturated carbocycles. The summed E-state index contributed by atoms with van der Waals surface area (Å²) in [6, 6.07) is 17.1. The highest BCUT2D eigenvalue weighted by Crippen LogP contribution is 2.31. The zero-order valence-corrected chi connectivity index (χ0v) is 31.1. The van der Waals surface area contributed by atoms with E-state index >= 15 is 0 Å². The maximum Gasteiger partial charge on any atom is 0.408 e. The second-order valence-corrected chi connectivity index (χ2v) is 14.7. The molecule has 2 aromatic heterocycles. The lowest BCUT2D eigenvalue weighted by molar-refractivity contribution is -0.125. The molecule has 4 N–H and O–H groups in total. The number of aliphatic hydroxyl groups excluding tert-OH is 1. The minimum atomic E-state index is -1.08. The van der Waals surface area contributed by atoms with Crippen molar-refractivity contribution >= 4 is 45.9 Å². The first-order valence-electron chi connectivity index (χ1n) is 17.3. The number of alkyl carbamates (subject to hydrolysis) is 2. The molecule has 0 spiro atoms. The number of benzene rings is 2. The Morgan fingerprint density at radius 1 is 0.885 bits per heavy atom. The maximum atomic E-state index is 14.1. The van der Waals surface area contributed by atoms with Gasteiger partial charge in [0.1, 0.15) is 19.3 Å². The summed E-state index contributed by atoms with van der Waals surface area (Å²) in [5, 5.41) is 22.8. The number of carbonyl (C=O) groups is 3. The van der Waals surface area contributed by atoms with Gasteiger partial charge in [-0.1, -0.05) is 74.5 Å². The van der Waals surface area contributed by atoms with Gasteiger partial charge >= 0.3 is 12.2 Å². The number of thiazole rings is 2. The summed E-state index contributed by atoms with van der Waals surface area (Å²) in [6.07, 6.45) is -0.809. The van der Waals surface area contributed by atoms with Gasteiger partial charge in [0.25, 0.3) is 0 Å². The Hall–Kier alpha value is -4.57. The van der Waals surface area contributed by atoms with Crippen molar-refractivity contribution < 1.29 is 33.7 Å². The van der Waals surface area contributed by atoms with E-state index in [2.05, 4.69) is 30.8 Å². The second kappa shape index (κ2) is 19.3. The van der Waals surface area contributed by atoms with Crippen molar-refractivity contribution in [1.29, 1.82) is 0 Å². The zero-order valence-electron chi connectivity index (χ0n) is 29.5. The van der Waals surface area contributed by atoms with Gasteiger partial charge in [-0.05, 0) is 30.4 Å². The van der Waals surface area contributed by atoms with Crippen molar-refractivity contribution in [2.75, 3.05) is 31.2 Å². The fourth-order valence-electron chi connectivity index (χ4n) is 5.87. The van der Waals surface area contributed by atoms with Gasteiger partial charge in [0.2, 0.25) is 5.91 Å². The van der Waals surface area contributed by atoms with Crippen LogP contribution in [0.5, 0.6) is 0 Å².